The monoisotopic (exact) mass is 571 g/mol. The summed E-state index contributed by atoms with van der Waals surface area (Å²) in [5.74, 6) is 2.16. The standard InChI is InChI=1S/C33H31FNO5P/c1-23(2)20-21-33(31(36)37,41(39)40)32(38,22-24-16-18-27(34)19-17-24)29-15-9-14-28(35-29)30(25-10-5-3-6-11-25)26-12-7-4-8-13-26/h3-19,23,30,38,41H,22H2,1-2H3,(H,36,37)(H,39,40). The lowest BCUT2D eigenvalue weighted by molar-refractivity contribution is -0.146. The molecule has 210 valence electrons. The molecule has 0 aliphatic rings. The maximum atomic E-state index is 13.7. The van der Waals surface area contributed by atoms with Crippen molar-refractivity contribution in [2.75, 3.05) is 0 Å². The first-order chi connectivity index (χ1) is 19.6. The van der Waals surface area contributed by atoms with Crippen molar-refractivity contribution in [1.82, 2.24) is 4.98 Å². The van der Waals surface area contributed by atoms with Crippen molar-refractivity contribution in [3.05, 3.63) is 137 Å². The topological polar surface area (TPSA) is 108 Å². The van der Waals surface area contributed by atoms with Gasteiger partial charge in [-0.1, -0.05) is 105 Å². The van der Waals surface area contributed by atoms with Gasteiger partial charge in [-0.15, -0.1) is 0 Å². The van der Waals surface area contributed by atoms with Gasteiger partial charge >= 0.3 is 5.97 Å². The molecule has 1 aromatic heterocycles. The van der Waals surface area contributed by atoms with Crippen molar-refractivity contribution < 1.29 is 28.9 Å². The number of nitrogens with zero attached hydrogens (tertiary/aromatic N) is 1. The Hall–Kier alpha value is -4.08. The number of aliphatic carboxylic acids is 1. The summed E-state index contributed by atoms with van der Waals surface area (Å²) in [5, 5.41) is 20.1. The first-order valence-electron chi connectivity index (χ1n) is 13.1. The van der Waals surface area contributed by atoms with E-state index in [9.17, 15) is 28.9 Å². The summed E-state index contributed by atoms with van der Waals surface area (Å²) in [6, 6.07) is 29.1. The summed E-state index contributed by atoms with van der Waals surface area (Å²) >= 11 is 0. The Labute approximate surface area is 239 Å². The number of rotatable bonds is 9. The normalized spacial score (nSPS) is 14.9. The average molecular weight is 572 g/mol. The van der Waals surface area contributed by atoms with E-state index in [0.717, 1.165) is 11.1 Å². The van der Waals surface area contributed by atoms with E-state index < -0.39 is 37.0 Å². The number of aromatic nitrogens is 1. The van der Waals surface area contributed by atoms with E-state index in [-0.39, 0.29) is 17.5 Å². The van der Waals surface area contributed by atoms with Crippen LogP contribution in [-0.2, 0) is 21.4 Å². The van der Waals surface area contributed by atoms with E-state index >= 15 is 0 Å². The van der Waals surface area contributed by atoms with Crippen LogP contribution in [0.1, 0.15) is 47.8 Å². The third-order valence-electron chi connectivity index (χ3n) is 6.94. The van der Waals surface area contributed by atoms with Crippen molar-refractivity contribution in [2.45, 2.75) is 36.9 Å². The Morgan fingerprint density at radius 1 is 0.902 bits per heavy atom. The Morgan fingerprint density at radius 3 is 1.95 bits per heavy atom. The van der Waals surface area contributed by atoms with Gasteiger partial charge in [-0.05, 0) is 41.0 Å². The lowest BCUT2D eigenvalue weighted by atomic mass is 9.77. The molecule has 3 unspecified atom stereocenters. The molecular weight excluding hydrogens is 540 g/mol. The van der Waals surface area contributed by atoms with Crippen LogP contribution in [0.2, 0.25) is 0 Å². The molecule has 4 aromatic rings. The SMILES string of the molecule is CC(C)C#CC(C(=O)O)([PH](=O)O)C(O)(Cc1ccc(F)cc1)c1cccc(C(c2ccccc2)c2ccccc2)n1. The van der Waals surface area contributed by atoms with Gasteiger partial charge in [-0.25, -0.2) is 9.18 Å². The fraction of sp³-hybridized carbons (Fsp3) is 0.212. The number of carboxylic acid groups (broad SMARTS) is 1. The number of hydrogen-bond donors (Lipinski definition) is 3. The Balaban J connectivity index is 2.00. The quantitative estimate of drug-likeness (QED) is 0.174. The second-order valence-electron chi connectivity index (χ2n) is 10.1. The minimum Gasteiger partial charge on any atom is -0.480 e. The lowest BCUT2D eigenvalue weighted by Gasteiger charge is -2.39. The molecular formula is C33H31FNO5P. The number of aliphatic hydroxyl groups is 1. The van der Waals surface area contributed by atoms with Gasteiger partial charge < -0.3 is 15.1 Å². The van der Waals surface area contributed by atoms with Gasteiger partial charge in [-0.2, -0.15) is 0 Å². The fourth-order valence-corrected chi connectivity index (χ4v) is 5.82. The average Bonchev–Trinajstić information content (AvgIpc) is 2.95. The molecule has 3 atom stereocenters. The Bertz CT molecular complexity index is 1530. The number of carbonyl (C=O) groups is 1. The van der Waals surface area contributed by atoms with Gasteiger partial charge in [0.15, 0.2) is 0 Å². The van der Waals surface area contributed by atoms with Crippen molar-refractivity contribution in [3.8, 4) is 11.8 Å². The molecule has 6 nitrogen and oxygen atoms in total. The molecule has 0 fully saturated rings. The number of halogens is 1. The summed E-state index contributed by atoms with van der Waals surface area (Å²) in [7, 11) is -4.08. The van der Waals surface area contributed by atoms with E-state index in [2.05, 4.69) is 11.8 Å². The number of pyridine rings is 1. The van der Waals surface area contributed by atoms with Crippen LogP contribution < -0.4 is 0 Å². The molecule has 1 heterocycles. The molecule has 0 aliphatic heterocycles. The molecule has 3 N–H and O–H groups in total. The first-order valence-corrected chi connectivity index (χ1v) is 14.5. The summed E-state index contributed by atoms with van der Waals surface area (Å²) in [6.45, 7) is 3.41. The maximum absolute atomic E-state index is 13.7. The molecule has 8 heteroatoms. The zero-order valence-electron chi connectivity index (χ0n) is 22.7. The Kier molecular flexibility index (Phi) is 9.20. The molecule has 0 radical (unpaired) electrons. The van der Waals surface area contributed by atoms with Crippen LogP contribution in [0.5, 0.6) is 0 Å². The largest absolute Gasteiger partial charge is 0.480 e. The third kappa shape index (κ3) is 6.16. The summed E-state index contributed by atoms with van der Waals surface area (Å²) in [6.07, 6.45) is -0.457. The van der Waals surface area contributed by atoms with Gasteiger partial charge in [0.05, 0.1) is 17.3 Å². The number of carboxylic acids is 1. The van der Waals surface area contributed by atoms with Crippen molar-refractivity contribution in [3.63, 3.8) is 0 Å². The van der Waals surface area contributed by atoms with Gasteiger partial charge in [0, 0.05) is 12.3 Å². The van der Waals surface area contributed by atoms with Gasteiger partial charge in [-0.3, -0.25) is 9.55 Å². The van der Waals surface area contributed by atoms with E-state index in [1.807, 2.05) is 60.7 Å². The number of benzene rings is 3. The smallest absolute Gasteiger partial charge is 0.335 e. The maximum Gasteiger partial charge on any atom is 0.335 e. The van der Waals surface area contributed by atoms with E-state index in [1.54, 1.807) is 26.0 Å². The van der Waals surface area contributed by atoms with Crippen LogP contribution in [0.4, 0.5) is 4.39 Å². The highest BCUT2D eigenvalue weighted by Gasteiger charge is 2.62. The molecule has 41 heavy (non-hydrogen) atoms. The summed E-state index contributed by atoms with van der Waals surface area (Å²) < 4.78 is 26.8. The second kappa shape index (κ2) is 12.6. The van der Waals surface area contributed by atoms with Gasteiger partial charge in [0.2, 0.25) is 13.2 Å². The molecule has 3 aromatic carbocycles. The molecule has 4 rings (SSSR count). The van der Waals surface area contributed by atoms with Crippen LogP contribution in [0, 0.1) is 23.6 Å². The van der Waals surface area contributed by atoms with Crippen LogP contribution in [-0.4, -0.2) is 31.2 Å². The molecule has 0 bridgehead atoms. The minimum absolute atomic E-state index is 0.135. The predicted molar refractivity (Wildman–Crippen MR) is 156 cm³/mol. The molecule has 0 saturated carbocycles. The van der Waals surface area contributed by atoms with Crippen molar-refractivity contribution in [1.29, 1.82) is 0 Å². The second-order valence-corrected chi connectivity index (χ2v) is 11.5. The Morgan fingerprint density at radius 2 is 1.46 bits per heavy atom. The van der Waals surface area contributed by atoms with Crippen LogP contribution in [0.25, 0.3) is 0 Å². The molecule has 0 amide bonds. The zero-order chi connectivity index (χ0) is 29.6. The van der Waals surface area contributed by atoms with Crippen LogP contribution in [0.3, 0.4) is 0 Å². The highest BCUT2D eigenvalue weighted by molar-refractivity contribution is 7.42. The van der Waals surface area contributed by atoms with Crippen molar-refractivity contribution >= 4 is 14.0 Å². The van der Waals surface area contributed by atoms with Crippen LogP contribution >= 0.6 is 8.03 Å². The van der Waals surface area contributed by atoms with Gasteiger partial charge in [0.1, 0.15) is 11.4 Å². The highest BCUT2D eigenvalue weighted by atomic mass is 31.1. The lowest BCUT2D eigenvalue weighted by Crippen LogP contribution is -2.56. The molecule has 0 spiro atoms. The molecule has 0 aliphatic carbocycles. The van der Waals surface area contributed by atoms with E-state index in [4.69, 9.17) is 4.98 Å². The van der Waals surface area contributed by atoms with Gasteiger partial charge in [0.25, 0.3) is 0 Å². The summed E-state index contributed by atoms with van der Waals surface area (Å²) in [4.78, 5) is 28.3. The minimum atomic E-state index is -4.08. The predicted octanol–water partition coefficient (Wildman–Crippen LogP) is 5.78. The summed E-state index contributed by atoms with van der Waals surface area (Å²) in [5.41, 5.74) is -0.0632. The van der Waals surface area contributed by atoms with Crippen LogP contribution in [0.15, 0.2) is 103 Å². The first kappa shape index (κ1) is 29.9. The van der Waals surface area contributed by atoms with Crippen molar-refractivity contribution in [2.24, 2.45) is 5.92 Å². The fourth-order valence-electron chi connectivity index (χ4n) is 4.89. The van der Waals surface area contributed by atoms with E-state index in [1.165, 1.54) is 30.3 Å². The van der Waals surface area contributed by atoms with E-state index in [0.29, 0.717) is 11.3 Å². The zero-order valence-corrected chi connectivity index (χ0v) is 23.7. The highest BCUT2D eigenvalue weighted by Crippen LogP contribution is 2.51. The third-order valence-corrected chi connectivity index (χ3v) is 8.33. The number of hydrogen-bond acceptors (Lipinski definition) is 4. The molecule has 0 saturated heterocycles.